The quantitative estimate of drug-likeness (QED) is 0.389. The fourth-order valence-electron chi connectivity index (χ4n) is 2.62. The Morgan fingerprint density at radius 3 is 2.52 bits per heavy atom. The molecule has 144 valence electrons. The van der Waals surface area contributed by atoms with Gasteiger partial charge in [-0.2, -0.15) is 0 Å². The second-order valence-corrected chi connectivity index (χ2v) is 10.3. The minimum atomic E-state index is -3.75. The molecule has 0 spiro atoms. The average molecular weight is 469 g/mol. The molecule has 8 heteroatoms. The van der Waals surface area contributed by atoms with E-state index in [9.17, 15) is 8.42 Å². The highest BCUT2D eigenvalue weighted by Gasteiger charge is 2.24. The van der Waals surface area contributed by atoms with Crippen molar-refractivity contribution in [1.29, 1.82) is 0 Å². The predicted octanol–water partition coefficient (Wildman–Crippen LogP) is 4.65. The van der Waals surface area contributed by atoms with Crippen molar-refractivity contribution in [3.63, 3.8) is 0 Å². The van der Waals surface area contributed by atoms with Gasteiger partial charge in [0.25, 0.3) is 10.0 Å². The monoisotopic (exact) mass is 468 g/mol. The van der Waals surface area contributed by atoms with Gasteiger partial charge in [0.2, 0.25) is 0 Å². The van der Waals surface area contributed by atoms with Crippen LogP contribution < -0.4 is 4.74 Å². The molecule has 0 aliphatic carbocycles. The van der Waals surface area contributed by atoms with E-state index in [4.69, 9.17) is 4.74 Å². The predicted molar refractivity (Wildman–Crippen MR) is 114 cm³/mol. The number of methoxy groups -OCH3 is 1. The summed E-state index contributed by atoms with van der Waals surface area (Å²) in [7, 11) is 1.84. The maximum absolute atomic E-state index is 13.3. The molecule has 0 amide bonds. The largest absolute Gasteiger partial charge is 0.497 e. The molecule has 0 radical (unpaired) electrons. The third-order valence-electron chi connectivity index (χ3n) is 4.34. The smallest absolute Gasteiger partial charge is 0.269 e. The van der Waals surface area contributed by atoms with E-state index in [1.807, 2.05) is 20.2 Å². The number of hydrogen-bond donors (Lipinski definition) is 0. The van der Waals surface area contributed by atoms with Crippen molar-refractivity contribution in [2.24, 2.45) is 0 Å². The van der Waals surface area contributed by atoms with Crippen LogP contribution in [0.2, 0.25) is 0 Å². The third kappa shape index (κ3) is 3.89. The van der Waals surface area contributed by atoms with E-state index < -0.39 is 10.0 Å². The van der Waals surface area contributed by atoms with Crippen molar-refractivity contribution in [3.8, 4) is 5.75 Å². The number of ether oxygens (including phenoxy) is 1. The summed E-state index contributed by atoms with van der Waals surface area (Å²) in [6.07, 6.45) is 1.70. The first-order valence-corrected chi connectivity index (χ1v) is 11.4. The van der Waals surface area contributed by atoms with Crippen LogP contribution in [-0.2, 0) is 10.0 Å². The van der Waals surface area contributed by atoms with Gasteiger partial charge in [-0.05, 0) is 67.3 Å². The zero-order chi connectivity index (χ0) is 19.8. The minimum Gasteiger partial charge on any atom is -0.497 e. The van der Waals surface area contributed by atoms with Crippen LogP contribution in [0.4, 0.5) is 0 Å². The summed E-state index contributed by atoms with van der Waals surface area (Å²) >= 11 is 4.97. The molecule has 1 unspecified atom stereocenters. The van der Waals surface area contributed by atoms with Gasteiger partial charge in [-0.15, -0.1) is 11.8 Å². The zero-order valence-corrected chi connectivity index (χ0v) is 18.7. The Balaban J connectivity index is 2.23. The second-order valence-electron chi connectivity index (χ2n) is 6.29. The number of halogens is 1. The molecule has 2 aromatic carbocycles. The fourth-order valence-corrected chi connectivity index (χ4v) is 6.06. The highest BCUT2D eigenvalue weighted by atomic mass is 79.9. The molecule has 27 heavy (non-hydrogen) atoms. The fraction of sp³-hybridized carbons (Fsp3) is 0.263. The van der Waals surface area contributed by atoms with Crippen LogP contribution in [-0.4, -0.2) is 43.9 Å². The standard InChI is InChI=1S/C19H21BrN2O3S2/c1-13(21(2)3)26-18-12-22(17-10-9-14(25-4)11-15(17)18)27(23,24)19-8-6-5-7-16(19)20/h5-13H,1-4H3. The van der Waals surface area contributed by atoms with Crippen molar-refractivity contribution in [2.45, 2.75) is 22.1 Å². The van der Waals surface area contributed by atoms with Crippen LogP contribution in [0, 0.1) is 0 Å². The Morgan fingerprint density at radius 2 is 1.89 bits per heavy atom. The highest BCUT2D eigenvalue weighted by molar-refractivity contribution is 9.10. The van der Waals surface area contributed by atoms with E-state index >= 15 is 0 Å². The van der Waals surface area contributed by atoms with E-state index in [0.29, 0.717) is 15.7 Å². The molecular weight excluding hydrogens is 448 g/mol. The zero-order valence-electron chi connectivity index (χ0n) is 15.5. The number of hydrogen-bond acceptors (Lipinski definition) is 5. The van der Waals surface area contributed by atoms with Gasteiger partial charge in [0.15, 0.2) is 0 Å². The van der Waals surface area contributed by atoms with Crippen molar-refractivity contribution in [3.05, 3.63) is 53.1 Å². The molecule has 0 N–H and O–H groups in total. The van der Waals surface area contributed by atoms with Gasteiger partial charge >= 0.3 is 0 Å². The van der Waals surface area contributed by atoms with Gasteiger partial charge in [-0.1, -0.05) is 12.1 Å². The summed E-state index contributed by atoms with van der Waals surface area (Å²) in [4.78, 5) is 3.20. The number of fused-ring (bicyclic) bond motifs is 1. The van der Waals surface area contributed by atoms with Crippen LogP contribution in [0.1, 0.15) is 6.92 Å². The molecule has 1 heterocycles. The van der Waals surface area contributed by atoms with E-state index in [1.54, 1.807) is 61.5 Å². The van der Waals surface area contributed by atoms with E-state index in [0.717, 1.165) is 10.3 Å². The summed E-state index contributed by atoms with van der Waals surface area (Å²) in [6.45, 7) is 2.08. The van der Waals surface area contributed by atoms with Gasteiger partial charge in [-0.3, -0.25) is 4.90 Å². The number of thioether (sulfide) groups is 1. The van der Waals surface area contributed by atoms with Crippen LogP contribution in [0.5, 0.6) is 5.75 Å². The molecule has 0 aliphatic rings. The third-order valence-corrected chi connectivity index (χ3v) is 8.37. The van der Waals surface area contributed by atoms with Crippen molar-refractivity contribution < 1.29 is 13.2 Å². The maximum atomic E-state index is 13.3. The summed E-state index contributed by atoms with van der Waals surface area (Å²) < 4.78 is 33.9. The molecule has 0 aliphatic heterocycles. The van der Waals surface area contributed by atoms with Crippen molar-refractivity contribution >= 4 is 48.6 Å². The molecule has 0 saturated heterocycles. The Bertz CT molecular complexity index is 1080. The molecule has 5 nitrogen and oxygen atoms in total. The topological polar surface area (TPSA) is 51.5 Å². The average Bonchev–Trinajstić information content (AvgIpc) is 3.00. The second kappa shape index (κ2) is 7.87. The van der Waals surface area contributed by atoms with E-state index in [2.05, 4.69) is 27.8 Å². The van der Waals surface area contributed by atoms with Gasteiger partial charge in [0, 0.05) is 21.0 Å². The first-order valence-electron chi connectivity index (χ1n) is 8.28. The Morgan fingerprint density at radius 1 is 1.19 bits per heavy atom. The number of nitrogens with zero attached hydrogens (tertiary/aromatic N) is 2. The summed E-state index contributed by atoms with van der Waals surface area (Å²) in [5.74, 6) is 0.692. The van der Waals surface area contributed by atoms with E-state index in [-0.39, 0.29) is 10.3 Å². The molecule has 0 bridgehead atoms. The Hall–Kier alpha value is -1.48. The SMILES string of the molecule is COc1ccc2c(c1)c(SC(C)N(C)C)cn2S(=O)(=O)c1ccccc1Br. The number of benzene rings is 2. The summed E-state index contributed by atoms with van der Waals surface area (Å²) in [5, 5.41) is 1.03. The first-order chi connectivity index (χ1) is 12.8. The minimum absolute atomic E-state index is 0.182. The van der Waals surface area contributed by atoms with Gasteiger partial charge in [-0.25, -0.2) is 12.4 Å². The molecule has 3 rings (SSSR count). The van der Waals surface area contributed by atoms with Crippen molar-refractivity contribution in [2.75, 3.05) is 21.2 Å². The van der Waals surface area contributed by atoms with Crippen molar-refractivity contribution in [1.82, 2.24) is 8.87 Å². The molecule has 0 fully saturated rings. The molecule has 1 atom stereocenters. The van der Waals surface area contributed by atoms with Gasteiger partial charge in [0.05, 0.1) is 18.0 Å². The van der Waals surface area contributed by atoms with Crippen LogP contribution in [0.3, 0.4) is 0 Å². The van der Waals surface area contributed by atoms with Crippen LogP contribution in [0.15, 0.2) is 62.9 Å². The van der Waals surface area contributed by atoms with Crippen LogP contribution in [0.25, 0.3) is 10.9 Å². The lowest BCUT2D eigenvalue weighted by Gasteiger charge is -2.18. The maximum Gasteiger partial charge on any atom is 0.269 e. The first kappa shape index (κ1) is 20.3. The summed E-state index contributed by atoms with van der Waals surface area (Å²) in [5.41, 5.74) is 0.625. The summed E-state index contributed by atoms with van der Waals surface area (Å²) in [6, 6.07) is 12.3. The normalized spacial score (nSPS) is 13.3. The Kier molecular flexibility index (Phi) is 5.90. The molecule has 3 aromatic rings. The highest BCUT2D eigenvalue weighted by Crippen LogP contribution is 2.37. The number of rotatable bonds is 6. The van der Waals surface area contributed by atoms with Gasteiger partial charge < -0.3 is 4.74 Å². The van der Waals surface area contributed by atoms with Gasteiger partial charge in [0.1, 0.15) is 10.6 Å². The molecule has 0 saturated carbocycles. The van der Waals surface area contributed by atoms with Crippen LogP contribution >= 0.6 is 27.7 Å². The lowest BCUT2D eigenvalue weighted by Crippen LogP contribution is -2.20. The molecule has 1 aromatic heterocycles. The Labute approximate surface area is 172 Å². The molecular formula is C19H21BrN2O3S2. The van der Waals surface area contributed by atoms with E-state index in [1.165, 1.54) is 3.97 Å². The number of aromatic nitrogens is 1. The lowest BCUT2D eigenvalue weighted by molar-refractivity contribution is 0.402. The lowest BCUT2D eigenvalue weighted by atomic mass is 10.2.